The number of rotatable bonds is 1. The summed E-state index contributed by atoms with van der Waals surface area (Å²) in [5.74, 6) is -0.119. The molecule has 0 aromatic rings. The first-order valence-electron chi connectivity index (χ1n) is 3.02. The number of carbonyl (C=O) groups is 2. The molecule has 1 aliphatic heterocycles. The number of nitrogens with zero attached hydrogens (tertiary/aromatic N) is 1. The fourth-order valence-corrected chi connectivity index (χ4v) is 1.67. The zero-order chi connectivity index (χ0) is 8.43. The van der Waals surface area contributed by atoms with E-state index in [0.29, 0.717) is 10.8 Å². The van der Waals surface area contributed by atoms with Gasteiger partial charge in [-0.05, 0) is 0 Å². The maximum absolute atomic E-state index is 10.9. The van der Waals surface area contributed by atoms with Crippen LogP contribution in [0, 0.1) is 0 Å². The van der Waals surface area contributed by atoms with Crippen LogP contribution in [0.3, 0.4) is 0 Å². The van der Waals surface area contributed by atoms with Crippen LogP contribution >= 0.6 is 11.8 Å². The summed E-state index contributed by atoms with van der Waals surface area (Å²) in [6.45, 7) is 0. The summed E-state index contributed by atoms with van der Waals surface area (Å²) in [7, 11) is 1.62. The SMILES string of the molecule is CN1C(=O)CS/C1=C/C(N)=O. The largest absolute Gasteiger partial charge is 0.366 e. The maximum Gasteiger partial charge on any atom is 0.244 e. The number of carbonyl (C=O) groups excluding carboxylic acids is 2. The lowest BCUT2D eigenvalue weighted by Gasteiger charge is -2.07. The van der Waals surface area contributed by atoms with Gasteiger partial charge in [0.2, 0.25) is 11.8 Å². The van der Waals surface area contributed by atoms with Crippen LogP contribution in [0.15, 0.2) is 11.1 Å². The Kier molecular flexibility index (Phi) is 2.19. The van der Waals surface area contributed by atoms with Gasteiger partial charge in [0.15, 0.2) is 0 Å². The molecule has 0 atom stereocenters. The molecule has 0 saturated carbocycles. The number of amides is 2. The summed E-state index contributed by atoms with van der Waals surface area (Å²) in [6.07, 6.45) is 1.26. The summed E-state index contributed by atoms with van der Waals surface area (Å²) in [5, 5.41) is 0.627. The van der Waals surface area contributed by atoms with Crippen molar-refractivity contribution in [1.82, 2.24) is 4.90 Å². The number of nitrogens with two attached hydrogens (primary N) is 1. The first-order valence-corrected chi connectivity index (χ1v) is 4.00. The van der Waals surface area contributed by atoms with Gasteiger partial charge in [-0.15, -0.1) is 0 Å². The topological polar surface area (TPSA) is 63.4 Å². The van der Waals surface area contributed by atoms with Crippen molar-refractivity contribution in [2.75, 3.05) is 12.8 Å². The number of thioether (sulfide) groups is 1. The van der Waals surface area contributed by atoms with E-state index >= 15 is 0 Å². The number of hydrogen-bond acceptors (Lipinski definition) is 3. The van der Waals surface area contributed by atoms with Gasteiger partial charge in [0.05, 0.1) is 10.8 Å². The van der Waals surface area contributed by atoms with Crippen molar-refractivity contribution >= 4 is 23.6 Å². The van der Waals surface area contributed by atoms with Gasteiger partial charge in [0.1, 0.15) is 0 Å². The van der Waals surface area contributed by atoms with Gasteiger partial charge in [-0.3, -0.25) is 9.59 Å². The summed E-state index contributed by atoms with van der Waals surface area (Å²) < 4.78 is 0. The summed E-state index contributed by atoms with van der Waals surface area (Å²) in [5.41, 5.74) is 4.91. The summed E-state index contributed by atoms with van der Waals surface area (Å²) >= 11 is 1.32. The van der Waals surface area contributed by atoms with E-state index < -0.39 is 5.91 Å². The van der Waals surface area contributed by atoms with Gasteiger partial charge in [0, 0.05) is 13.1 Å². The molecule has 1 rings (SSSR count). The minimum absolute atomic E-state index is 0.00231. The molecular formula is C6H8N2O2S. The van der Waals surface area contributed by atoms with Crippen molar-refractivity contribution in [3.63, 3.8) is 0 Å². The second-order valence-electron chi connectivity index (χ2n) is 2.13. The number of primary amides is 1. The van der Waals surface area contributed by atoms with Gasteiger partial charge in [-0.2, -0.15) is 0 Å². The monoisotopic (exact) mass is 172 g/mol. The highest BCUT2D eigenvalue weighted by molar-refractivity contribution is 8.04. The predicted molar refractivity (Wildman–Crippen MR) is 42.5 cm³/mol. The predicted octanol–water partition coefficient (Wildman–Crippen LogP) is -0.482. The molecular weight excluding hydrogens is 164 g/mol. The first kappa shape index (κ1) is 8.13. The number of hydrogen-bond donors (Lipinski definition) is 1. The van der Waals surface area contributed by atoms with E-state index in [2.05, 4.69) is 0 Å². The van der Waals surface area contributed by atoms with Crippen LogP contribution in [-0.4, -0.2) is 29.5 Å². The highest BCUT2D eigenvalue weighted by Crippen LogP contribution is 2.26. The Hall–Kier alpha value is -0.970. The second-order valence-corrected chi connectivity index (χ2v) is 3.12. The molecule has 0 unspecified atom stereocenters. The molecule has 4 nitrogen and oxygen atoms in total. The zero-order valence-electron chi connectivity index (χ0n) is 6.03. The van der Waals surface area contributed by atoms with E-state index in [4.69, 9.17) is 5.73 Å². The quantitative estimate of drug-likeness (QED) is 0.543. The Balaban J connectivity index is 2.76. The molecule has 0 radical (unpaired) electrons. The van der Waals surface area contributed by atoms with Crippen LogP contribution in [0.5, 0.6) is 0 Å². The molecule has 1 saturated heterocycles. The fraction of sp³-hybridized carbons (Fsp3) is 0.333. The van der Waals surface area contributed by atoms with E-state index in [1.54, 1.807) is 7.05 Å². The van der Waals surface area contributed by atoms with Crippen LogP contribution < -0.4 is 5.73 Å². The maximum atomic E-state index is 10.9. The molecule has 2 N–H and O–H groups in total. The molecule has 60 valence electrons. The molecule has 1 heterocycles. The van der Waals surface area contributed by atoms with Crippen molar-refractivity contribution in [3.05, 3.63) is 11.1 Å². The molecule has 0 aliphatic carbocycles. The molecule has 11 heavy (non-hydrogen) atoms. The highest BCUT2D eigenvalue weighted by atomic mass is 32.2. The average Bonchev–Trinajstić information content (AvgIpc) is 2.18. The zero-order valence-corrected chi connectivity index (χ0v) is 6.85. The molecule has 0 aromatic heterocycles. The van der Waals surface area contributed by atoms with Crippen molar-refractivity contribution in [2.45, 2.75) is 0 Å². The highest BCUT2D eigenvalue weighted by Gasteiger charge is 2.22. The third-order valence-electron chi connectivity index (χ3n) is 1.31. The lowest BCUT2D eigenvalue weighted by Crippen LogP contribution is -2.20. The standard InChI is InChI=1S/C6H8N2O2S/c1-8-5(10)3-11-6(8)2-4(7)9/h2H,3H2,1H3,(H2,7,9)/b6-2+. The Morgan fingerprint density at radius 3 is 2.82 bits per heavy atom. The smallest absolute Gasteiger partial charge is 0.244 e. The van der Waals surface area contributed by atoms with Crippen LogP contribution in [0.25, 0.3) is 0 Å². The van der Waals surface area contributed by atoms with Crippen molar-refractivity contribution < 1.29 is 9.59 Å². The molecule has 2 amide bonds. The minimum atomic E-state index is -0.519. The van der Waals surface area contributed by atoms with Crippen LogP contribution in [-0.2, 0) is 9.59 Å². The summed E-state index contributed by atoms with van der Waals surface area (Å²) in [6, 6.07) is 0. The lowest BCUT2D eigenvalue weighted by atomic mass is 10.5. The Morgan fingerprint density at radius 1 is 1.82 bits per heavy atom. The molecule has 1 fully saturated rings. The van der Waals surface area contributed by atoms with E-state index in [1.165, 1.54) is 22.7 Å². The van der Waals surface area contributed by atoms with Gasteiger partial charge >= 0.3 is 0 Å². The van der Waals surface area contributed by atoms with Crippen LogP contribution in [0.2, 0.25) is 0 Å². The van der Waals surface area contributed by atoms with E-state index in [1.807, 2.05) is 0 Å². The first-order chi connectivity index (χ1) is 5.11. The molecule has 0 aromatic carbocycles. The van der Waals surface area contributed by atoms with E-state index in [9.17, 15) is 9.59 Å². The van der Waals surface area contributed by atoms with Crippen LogP contribution in [0.1, 0.15) is 0 Å². The molecule has 5 heteroatoms. The van der Waals surface area contributed by atoms with Gasteiger partial charge in [-0.1, -0.05) is 11.8 Å². The van der Waals surface area contributed by atoms with E-state index in [0.717, 1.165) is 0 Å². The summed E-state index contributed by atoms with van der Waals surface area (Å²) in [4.78, 5) is 22.7. The average molecular weight is 172 g/mol. The second kappa shape index (κ2) is 2.96. The molecule has 0 spiro atoms. The van der Waals surface area contributed by atoms with Crippen molar-refractivity contribution in [3.8, 4) is 0 Å². The third kappa shape index (κ3) is 1.74. The molecule has 1 aliphatic rings. The van der Waals surface area contributed by atoms with Gasteiger partial charge < -0.3 is 10.6 Å². The van der Waals surface area contributed by atoms with E-state index in [-0.39, 0.29) is 5.91 Å². The Bertz CT molecular complexity index is 237. The Labute approximate surface area is 68.4 Å². The Morgan fingerprint density at radius 2 is 2.45 bits per heavy atom. The van der Waals surface area contributed by atoms with Crippen LogP contribution in [0.4, 0.5) is 0 Å². The van der Waals surface area contributed by atoms with Crippen molar-refractivity contribution in [1.29, 1.82) is 0 Å². The fourth-order valence-electron chi connectivity index (χ4n) is 0.712. The van der Waals surface area contributed by atoms with Gasteiger partial charge in [0.25, 0.3) is 0 Å². The minimum Gasteiger partial charge on any atom is -0.366 e. The normalized spacial score (nSPS) is 21.4. The lowest BCUT2D eigenvalue weighted by molar-refractivity contribution is -0.124. The van der Waals surface area contributed by atoms with Crippen molar-refractivity contribution in [2.24, 2.45) is 5.73 Å². The van der Waals surface area contributed by atoms with Gasteiger partial charge in [-0.25, -0.2) is 0 Å². The third-order valence-corrected chi connectivity index (χ3v) is 2.39. The molecule has 0 bridgehead atoms.